The summed E-state index contributed by atoms with van der Waals surface area (Å²) < 4.78 is 69.1. The van der Waals surface area contributed by atoms with E-state index in [4.69, 9.17) is 4.74 Å². The first-order valence-electron chi connectivity index (χ1n) is 13.7. The van der Waals surface area contributed by atoms with Crippen LogP contribution in [0.2, 0.25) is 0 Å². The second kappa shape index (κ2) is 10.5. The average molecular weight is 579 g/mol. The third kappa shape index (κ3) is 5.15. The molecule has 40 heavy (non-hydrogen) atoms. The number of carbonyl (C=O) groups excluding carboxylic acids is 2. The van der Waals surface area contributed by atoms with Gasteiger partial charge >= 0.3 is 21.6 Å². The molecule has 2 aromatic rings. The highest BCUT2D eigenvalue weighted by atomic mass is 32.2. The number of alkyl halides is 3. The Morgan fingerprint density at radius 1 is 1.02 bits per heavy atom. The summed E-state index contributed by atoms with van der Waals surface area (Å²) in [4.78, 5) is 25.5. The minimum Gasteiger partial charge on any atom is -0.465 e. The quantitative estimate of drug-likeness (QED) is 0.215. The van der Waals surface area contributed by atoms with Crippen molar-refractivity contribution >= 4 is 21.9 Å². The number of methoxy groups -OCH3 is 1. The van der Waals surface area contributed by atoms with Crippen LogP contribution in [0.5, 0.6) is 5.75 Å². The Hall–Kier alpha value is -2.88. The number of ether oxygens (including phenoxy) is 1. The molecule has 0 amide bonds. The lowest BCUT2D eigenvalue weighted by Crippen LogP contribution is -2.44. The molecule has 2 saturated carbocycles. The normalized spacial score (nSPS) is 27.7. The number of carbonyl (C=O) groups is 2. The van der Waals surface area contributed by atoms with E-state index >= 15 is 0 Å². The highest BCUT2D eigenvalue weighted by Gasteiger charge is 2.56. The summed E-state index contributed by atoms with van der Waals surface area (Å²) in [6, 6.07) is 11.2. The maximum Gasteiger partial charge on any atom is 0.534 e. The second-order valence-corrected chi connectivity index (χ2v) is 13.1. The van der Waals surface area contributed by atoms with E-state index in [0.29, 0.717) is 36.2 Å². The van der Waals surface area contributed by atoms with Gasteiger partial charge in [0.15, 0.2) is 0 Å². The van der Waals surface area contributed by atoms with Crippen molar-refractivity contribution in [3.05, 3.63) is 64.7 Å². The van der Waals surface area contributed by atoms with Gasteiger partial charge < -0.3 is 8.92 Å². The van der Waals surface area contributed by atoms with Crippen molar-refractivity contribution < 1.29 is 40.1 Å². The molecular formula is C30H33F3O6S. The predicted octanol–water partition coefficient (Wildman–Crippen LogP) is 6.38. The zero-order chi connectivity index (χ0) is 28.9. The van der Waals surface area contributed by atoms with Crippen LogP contribution in [-0.2, 0) is 32.5 Å². The second-order valence-electron chi connectivity index (χ2n) is 11.6. The highest BCUT2D eigenvalue weighted by molar-refractivity contribution is 7.88. The first-order valence-corrected chi connectivity index (χ1v) is 15.1. The zero-order valence-electron chi connectivity index (χ0n) is 22.5. The van der Waals surface area contributed by atoms with Crippen LogP contribution >= 0.6 is 0 Å². The van der Waals surface area contributed by atoms with Crippen molar-refractivity contribution in [1.82, 2.24) is 0 Å². The lowest BCUT2D eigenvalue weighted by atomic mass is 9.53. The fourth-order valence-electron chi connectivity index (χ4n) is 7.68. The molecule has 2 fully saturated rings. The number of esters is 1. The van der Waals surface area contributed by atoms with Crippen LogP contribution < -0.4 is 4.18 Å². The van der Waals surface area contributed by atoms with E-state index in [1.54, 1.807) is 0 Å². The Morgan fingerprint density at radius 3 is 2.42 bits per heavy atom. The van der Waals surface area contributed by atoms with Gasteiger partial charge in [-0.05, 0) is 109 Å². The smallest absolute Gasteiger partial charge is 0.465 e. The summed E-state index contributed by atoms with van der Waals surface area (Å²) in [7, 11) is -4.33. The molecule has 5 atom stereocenters. The molecule has 6 nitrogen and oxygen atoms in total. The van der Waals surface area contributed by atoms with Gasteiger partial charge in [0, 0.05) is 12.3 Å². The molecule has 216 valence electrons. The topological polar surface area (TPSA) is 86.7 Å². The summed E-state index contributed by atoms with van der Waals surface area (Å²) in [5, 5.41) is 0. The fourth-order valence-corrected chi connectivity index (χ4v) is 8.14. The number of benzene rings is 2. The van der Waals surface area contributed by atoms with E-state index in [0.717, 1.165) is 44.1 Å². The Kier molecular flexibility index (Phi) is 7.52. The molecule has 3 aliphatic rings. The number of fused-ring (bicyclic) bond motifs is 5. The minimum atomic E-state index is -5.72. The Labute approximate surface area is 232 Å². The van der Waals surface area contributed by atoms with Crippen LogP contribution in [0.25, 0.3) is 0 Å². The average Bonchev–Trinajstić information content (AvgIpc) is 3.28. The first kappa shape index (κ1) is 28.6. The largest absolute Gasteiger partial charge is 0.534 e. The van der Waals surface area contributed by atoms with Gasteiger partial charge in [0.1, 0.15) is 11.5 Å². The zero-order valence-corrected chi connectivity index (χ0v) is 23.3. The number of rotatable bonds is 7. The molecule has 0 spiro atoms. The molecule has 0 radical (unpaired) electrons. The van der Waals surface area contributed by atoms with Gasteiger partial charge in [-0.15, -0.1) is 0 Å². The van der Waals surface area contributed by atoms with Crippen molar-refractivity contribution in [2.45, 2.75) is 69.7 Å². The maximum atomic E-state index is 13.5. The van der Waals surface area contributed by atoms with Crippen molar-refractivity contribution in [2.75, 3.05) is 7.11 Å². The van der Waals surface area contributed by atoms with Gasteiger partial charge in [-0.1, -0.05) is 25.1 Å². The summed E-state index contributed by atoms with van der Waals surface area (Å²) in [5.74, 6) is 0.838. The van der Waals surface area contributed by atoms with Crippen LogP contribution in [0.1, 0.15) is 78.4 Å². The molecule has 5 rings (SSSR count). The molecule has 0 N–H and O–H groups in total. The minimum absolute atomic E-state index is 0.0268. The number of ketones is 1. The molecule has 0 saturated heterocycles. The molecule has 0 aliphatic heterocycles. The molecule has 2 aromatic carbocycles. The molecule has 3 aliphatic carbocycles. The fraction of sp³-hybridized carbons (Fsp3) is 0.533. The van der Waals surface area contributed by atoms with Crippen molar-refractivity contribution in [1.29, 1.82) is 0 Å². The molecule has 0 bridgehead atoms. The van der Waals surface area contributed by atoms with E-state index in [9.17, 15) is 31.2 Å². The van der Waals surface area contributed by atoms with Crippen LogP contribution in [0.15, 0.2) is 42.5 Å². The van der Waals surface area contributed by atoms with E-state index in [-0.39, 0.29) is 23.1 Å². The molecule has 10 heteroatoms. The number of halogens is 3. The van der Waals surface area contributed by atoms with Gasteiger partial charge in [-0.2, -0.15) is 21.6 Å². The summed E-state index contributed by atoms with van der Waals surface area (Å²) in [5.41, 5.74) is -1.70. The lowest BCUT2D eigenvalue weighted by Gasteiger charge is -2.50. The monoisotopic (exact) mass is 578 g/mol. The maximum absolute atomic E-state index is 13.5. The number of Topliss-reactive ketones (excluding diaryl/α,β-unsaturated/α-hetero) is 1. The van der Waals surface area contributed by atoms with Crippen LogP contribution in [0.4, 0.5) is 13.2 Å². The van der Waals surface area contributed by atoms with Crippen molar-refractivity contribution in [3.8, 4) is 5.75 Å². The SMILES string of the molecule is COC(=O)c1ccc2c(c1)CC[C@@H]1[C@@H]2CC[C@]2(C)[C@@H](C(=O)CCc3ccc(OS(=O)(=O)C(F)(F)F)cc3)CC[C@@H]12. The van der Waals surface area contributed by atoms with Crippen LogP contribution in [0, 0.1) is 23.2 Å². The summed E-state index contributed by atoms with van der Waals surface area (Å²) in [6.45, 7) is 2.27. The number of hydrogen-bond acceptors (Lipinski definition) is 6. The molecule has 0 unspecified atom stereocenters. The predicted molar refractivity (Wildman–Crippen MR) is 141 cm³/mol. The lowest BCUT2D eigenvalue weighted by molar-refractivity contribution is -0.128. The number of hydrogen-bond donors (Lipinski definition) is 0. The molecule has 0 aromatic heterocycles. The van der Waals surface area contributed by atoms with E-state index < -0.39 is 21.4 Å². The standard InChI is InChI=1S/C30H33F3O6S/c1-29-16-15-23-22-10-7-20(28(35)38-2)17-19(22)6-11-24(23)25(29)12-13-26(29)27(34)14-5-18-3-8-21(9-4-18)39-40(36,37)30(31,32)33/h3-4,7-10,17,23-26H,5-6,11-16H2,1-2H3/t23-,24-,25+,26-,29+/m1/s1. The highest BCUT2D eigenvalue weighted by Crippen LogP contribution is 2.63. The van der Waals surface area contributed by atoms with Gasteiger partial charge in [0.2, 0.25) is 0 Å². The van der Waals surface area contributed by atoms with Gasteiger partial charge in [-0.25, -0.2) is 4.79 Å². The van der Waals surface area contributed by atoms with Crippen molar-refractivity contribution in [3.63, 3.8) is 0 Å². The van der Waals surface area contributed by atoms with E-state index in [1.165, 1.54) is 42.5 Å². The van der Waals surface area contributed by atoms with Crippen LogP contribution in [0.3, 0.4) is 0 Å². The third-order valence-corrected chi connectivity index (χ3v) is 10.6. The van der Waals surface area contributed by atoms with Gasteiger partial charge in [0.25, 0.3) is 0 Å². The summed E-state index contributed by atoms with van der Waals surface area (Å²) >= 11 is 0. The van der Waals surface area contributed by atoms with Gasteiger partial charge in [0.05, 0.1) is 12.7 Å². The van der Waals surface area contributed by atoms with Crippen molar-refractivity contribution in [2.24, 2.45) is 23.2 Å². The van der Waals surface area contributed by atoms with Gasteiger partial charge in [-0.3, -0.25) is 4.79 Å². The number of aryl methyl sites for hydroxylation is 2. The van der Waals surface area contributed by atoms with Crippen LogP contribution in [-0.4, -0.2) is 32.8 Å². The Balaban J connectivity index is 1.22. The molecule has 0 heterocycles. The molecular weight excluding hydrogens is 545 g/mol. The summed E-state index contributed by atoms with van der Waals surface area (Å²) in [6.07, 6.45) is 6.55. The van der Waals surface area contributed by atoms with E-state index in [1.807, 2.05) is 12.1 Å². The third-order valence-electron chi connectivity index (χ3n) is 9.61. The first-order chi connectivity index (χ1) is 18.8. The van der Waals surface area contributed by atoms with E-state index in [2.05, 4.69) is 17.2 Å². The Bertz CT molecular complexity index is 1400. The Morgan fingerprint density at radius 2 is 1.75 bits per heavy atom.